The Morgan fingerprint density at radius 3 is 3.19 bits per heavy atom. The highest BCUT2D eigenvalue weighted by Crippen LogP contribution is 2.16. The van der Waals surface area contributed by atoms with Gasteiger partial charge >= 0.3 is 0 Å². The zero-order valence-electron chi connectivity index (χ0n) is 9.49. The van der Waals surface area contributed by atoms with E-state index in [2.05, 4.69) is 5.32 Å². The molecule has 0 unspecified atom stereocenters. The number of nitrogens with one attached hydrogen (secondary N) is 1. The lowest BCUT2D eigenvalue weighted by Crippen LogP contribution is -2.25. The first-order valence-electron chi connectivity index (χ1n) is 5.67. The molecule has 0 aliphatic carbocycles. The Labute approximate surface area is 99.8 Å². The van der Waals surface area contributed by atoms with Crippen molar-refractivity contribution in [3.05, 3.63) is 21.9 Å². The first-order valence-corrected chi connectivity index (χ1v) is 6.55. The molecule has 1 aliphatic heterocycles. The van der Waals surface area contributed by atoms with Crippen molar-refractivity contribution in [2.45, 2.75) is 19.8 Å². The van der Waals surface area contributed by atoms with Crippen LogP contribution in [0.5, 0.6) is 0 Å². The zero-order valence-corrected chi connectivity index (χ0v) is 10.3. The Kier molecular flexibility index (Phi) is 3.96. The van der Waals surface area contributed by atoms with Crippen LogP contribution < -0.4 is 5.32 Å². The molecule has 0 bridgehead atoms. The van der Waals surface area contributed by atoms with Gasteiger partial charge in [0.15, 0.2) is 0 Å². The van der Waals surface area contributed by atoms with E-state index in [1.165, 1.54) is 4.88 Å². The summed E-state index contributed by atoms with van der Waals surface area (Å²) in [5.41, 5.74) is 0.783. The highest BCUT2D eigenvalue weighted by atomic mass is 32.1. The van der Waals surface area contributed by atoms with Crippen molar-refractivity contribution >= 4 is 17.2 Å². The van der Waals surface area contributed by atoms with Gasteiger partial charge in [-0.05, 0) is 31.7 Å². The van der Waals surface area contributed by atoms with Gasteiger partial charge in [0, 0.05) is 30.0 Å². The van der Waals surface area contributed by atoms with Crippen molar-refractivity contribution in [2.75, 3.05) is 19.8 Å². The summed E-state index contributed by atoms with van der Waals surface area (Å²) in [7, 11) is 0. The summed E-state index contributed by atoms with van der Waals surface area (Å²) in [5, 5.41) is 4.86. The third-order valence-corrected chi connectivity index (χ3v) is 3.72. The van der Waals surface area contributed by atoms with E-state index in [0.717, 1.165) is 38.2 Å². The topological polar surface area (TPSA) is 38.3 Å². The molecule has 0 spiro atoms. The van der Waals surface area contributed by atoms with E-state index in [1.807, 2.05) is 18.4 Å². The summed E-state index contributed by atoms with van der Waals surface area (Å²) in [5.74, 6) is 0.674. The van der Waals surface area contributed by atoms with Crippen molar-refractivity contribution in [1.82, 2.24) is 5.32 Å². The number of ether oxygens (including phenoxy) is 1. The maximum Gasteiger partial charge on any atom is 0.252 e. The molecular weight excluding hydrogens is 222 g/mol. The van der Waals surface area contributed by atoms with Crippen molar-refractivity contribution in [3.8, 4) is 0 Å². The molecule has 1 fully saturated rings. The van der Waals surface area contributed by atoms with Crippen LogP contribution in [0, 0.1) is 12.8 Å². The fourth-order valence-electron chi connectivity index (χ4n) is 1.87. The third-order valence-electron chi connectivity index (χ3n) is 2.85. The average Bonchev–Trinajstić information content (AvgIpc) is 2.89. The molecule has 1 aliphatic rings. The fourth-order valence-corrected chi connectivity index (χ4v) is 2.55. The van der Waals surface area contributed by atoms with Gasteiger partial charge in [0.1, 0.15) is 0 Å². The minimum atomic E-state index is 0.0447. The van der Waals surface area contributed by atoms with Gasteiger partial charge in [-0.1, -0.05) is 0 Å². The summed E-state index contributed by atoms with van der Waals surface area (Å²) in [6.07, 6.45) is 2.16. The maximum absolute atomic E-state index is 11.7. The molecule has 3 nitrogen and oxygen atoms in total. The number of aryl methyl sites for hydroxylation is 1. The summed E-state index contributed by atoms with van der Waals surface area (Å²) in [6, 6.07) is 1.93. The number of hydrogen-bond acceptors (Lipinski definition) is 3. The molecule has 2 rings (SSSR count). The van der Waals surface area contributed by atoms with Gasteiger partial charge in [-0.15, -0.1) is 11.3 Å². The lowest BCUT2D eigenvalue weighted by Gasteiger charge is -2.07. The minimum Gasteiger partial charge on any atom is -0.381 e. The Hall–Kier alpha value is -0.870. The van der Waals surface area contributed by atoms with E-state index in [9.17, 15) is 4.79 Å². The Balaban J connectivity index is 1.71. The molecule has 88 valence electrons. The second kappa shape index (κ2) is 5.46. The first kappa shape index (κ1) is 11.6. The molecule has 0 aromatic carbocycles. The fraction of sp³-hybridized carbons (Fsp3) is 0.583. The van der Waals surface area contributed by atoms with Crippen LogP contribution in [0.2, 0.25) is 0 Å². The Morgan fingerprint density at radius 2 is 2.56 bits per heavy atom. The number of amides is 1. The first-order chi connectivity index (χ1) is 7.75. The SMILES string of the molecule is Cc1cc(C(=O)NCC[C@@H]2CCOC2)cs1. The van der Waals surface area contributed by atoms with E-state index in [4.69, 9.17) is 4.74 Å². The molecule has 1 N–H and O–H groups in total. The normalized spacial score (nSPS) is 19.9. The summed E-state index contributed by atoms with van der Waals surface area (Å²) < 4.78 is 5.29. The van der Waals surface area contributed by atoms with Gasteiger partial charge in [0.05, 0.1) is 5.56 Å². The molecule has 0 radical (unpaired) electrons. The van der Waals surface area contributed by atoms with Gasteiger partial charge in [-0.3, -0.25) is 4.79 Å². The average molecular weight is 239 g/mol. The maximum atomic E-state index is 11.7. The molecule has 0 saturated carbocycles. The van der Waals surface area contributed by atoms with Gasteiger partial charge in [-0.25, -0.2) is 0 Å². The quantitative estimate of drug-likeness (QED) is 0.875. The summed E-state index contributed by atoms with van der Waals surface area (Å²) in [6.45, 7) is 4.49. The van der Waals surface area contributed by atoms with Crippen molar-refractivity contribution in [1.29, 1.82) is 0 Å². The summed E-state index contributed by atoms with van der Waals surface area (Å²) in [4.78, 5) is 12.9. The summed E-state index contributed by atoms with van der Waals surface area (Å²) >= 11 is 1.61. The van der Waals surface area contributed by atoms with Crippen LogP contribution in [0.15, 0.2) is 11.4 Å². The number of rotatable bonds is 4. The molecule has 1 atom stereocenters. The largest absolute Gasteiger partial charge is 0.381 e. The highest BCUT2D eigenvalue weighted by Gasteiger charge is 2.15. The van der Waals surface area contributed by atoms with E-state index < -0.39 is 0 Å². The molecule has 4 heteroatoms. The Bertz CT molecular complexity index is 356. The van der Waals surface area contributed by atoms with Crippen LogP contribution in [0.25, 0.3) is 0 Å². The van der Waals surface area contributed by atoms with E-state index in [1.54, 1.807) is 11.3 Å². The number of thiophene rings is 1. The molecular formula is C12H17NO2S. The molecule has 2 heterocycles. The van der Waals surface area contributed by atoms with Crippen LogP contribution >= 0.6 is 11.3 Å². The lowest BCUT2D eigenvalue weighted by atomic mass is 10.1. The van der Waals surface area contributed by atoms with Crippen LogP contribution in [-0.4, -0.2) is 25.7 Å². The van der Waals surface area contributed by atoms with E-state index in [0.29, 0.717) is 5.92 Å². The molecule has 1 aromatic rings. The van der Waals surface area contributed by atoms with Gasteiger partial charge in [0.2, 0.25) is 0 Å². The zero-order chi connectivity index (χ0) is 11.4. The van der Waals surface area contributed by atoms with Crippen LogP contribution in [0.1, 0.15) is 28.1 Å². The van der Waals surface area contributed by atoms with Crippen molar-refractivity contribution in [2.24, 2.45) is 5.92 Å². The van der Waals surface area contributed by atoms with E-state index >= 15 is 0 Å². The number of carbonyl (C=O) groups excluding carboxylic acids is 1. The monoisotopic (exact) mass is 239 g/mol. The molecule has 1 amide bonds. The van der Waals surface area contributed by atoms with Gasteiger partial charge in [-0.2, -0.15) is 0 Å². The second-order valence-electron chi connectivity index (χ2n) is 4.22. The van der Waals surface area contributed by atoms with Crippen LogP contribution in [0.4, 0.5) is 0 Å². The van der Waals surface area contributed by atoms with E-state index in [-0.39, 0.29) is 5.91 Å². The molecule has 16 heavy (non-hydrogen) atoms. The van der Waals surface area contributed by atoms with Crippen molar-refractivity contribution in [3.63, 3.8) is 0 Å². The second-order valence-corrected chi connectivity index (χ2v) is 5.34. The predicted octanol–water partition coefficient (Wildman–Crippen LogP) is 2.21. The predicted molar refractivity (Wildman–Crippen MR) is 64.9 cm³/mol. The number of hydrogen-bond donors (Lipinski definition) is 1. The van der Waals surface area contributed by atoms with Crippen LogP contribution in [-0.2, 0) is 4.74 Å². The minimum absolute atomic E-state index is 0.0447. The smallest absolute Gasteiger partial charge is 0.252 e. The lowest BCUT2D eigenvalue weighted by molar-refractivity contribution is 0.0951. The Morgan fingerprint density at radius 1 is 1.69 bits per heavy atom. The third kappa shape index (κ3) is 3.06. The standard InChI is InChI=1S/C12H17NO2S/c1-9-6-11(8-16-9)12(14)13-4-2-10-3-5-15-7-10/h6,8,10H,2-5,7H2,1H3,(H,13,14)/t10-/m1/s1. The highest BCUT2D eigenvalue weighted by molar-refractivity contribution is 7.10. The molecule has 1 aromatic heterocycles. The molecule has 1 saturated heterocycles. The number of carbonyl (C=O) groups is 1. The van der Waals surface area contributed by atoms with Gasteiger partial charge in [0.25, 0.3) is 5.91 Å². The van der Waals surface area contributed by atoms with Gasteiger partial charge < -0.3 is 10.1 Å². The van der Waals surface area contributed by atoms with Crippen LogP contribution in [0.3, 0.4) is 0 Å². The van der Waals surface area contributed by atoms with Crippen molar-refractivity contribution < 1.29 is 9.53 Å².